The van der Waals surface area contributed by atoms with Crippen LogP contribution >= 0.6 is 0 Å². The van der Waals surface area contributed by atoms with E-state index in [2.05, 4.69) is 18.9 Å². The standard InChI is InChI=1S/C12H23N3O3/c1-4-10-8-13(2)6-5-7-15(10)12(18)14(3)9-11(16)17/h10H,4-9H2,1-3H3,(H,16,17). The van der Waals surface area contributed by atoms with Crippen LogP contribution in [0.2, 0.25) is 0 Å². The minimum absolute atomic E-state index is 0.168. The molecule has 1 aliphatic heterocycles. The van der Waals surface area contributed by atoms with Crippen molar-refractivity contribution in [3.8, 4) is 0 Å². The van der Waals surface area contributed by atoms with Crippen molar-refractivity contribution < 1.29 is 14.7 Å². The fraction of sp³-hybridized carbons (Fsp3) is 0.833. The van der Waals surface area contributed by atoms with Crippen molar-refractivity contribution in [2.45, 2.75) is 25.8 Å². The fourth-order valence-electron chi connectivity index (χ4n) is 2.33. The Morgan fingerprint density at radius 3 is 2.61 bits per heavy atom. The van der Waals surface area contributed by atoms with E-state index in [0.717, 1.165) is 25.9 Å². The molecule has 1 aliphatic rings. The molecule has 0 aromatic rings. The molecule has 0 spiro atoms. The Morgan fingerprint density at radius 1 is 1.39 bits per heavy atom. The van der Waals surface area contributed by atoms with Gasteiger partial charge in [-0.3, -0.25) is 4.79 Å². The molecule has 1 rings (SSSR count). The van der Waals surface area contributed by atoms with E-state index >= 15 is 0 Å². The first-order valence-electron chi connectivity index (χ1n) is 6.37. The van der Waals surface area contributed by atoms with Gasteiger partial charge in [0.2, 0.25) is 0 Å². The van der Waals surface area contributed by atoms with E-state index in [-0.39, 0.29) is 18.6 Å². The van der Waals surface area contributed by atoms with Gasteiger partial charge in [-0.05, 0) is 26.4 Å². The second-order valence-electron chi connectivity index (χ2n) is 4.90. The molecule has 0 aromatic heterocycles. The molecule has 18 heavy (non-hydrogen) atoms. The summed E-state index contributed by atoms with van der Waals surface area (Å²) >= 11 is 0. The number of urea groups is 1. The zero-order chi connectivity index (χ0) is 13.7. The highest BCUT2D eigenvalue weighted by molar-refractivity contribution is 5.80. The second-order valence-corrected chi connectivity index (χ2v) is 4.90. The van der Waals surface area contributed by atoms with Gasteiger partial charge in [0.1, 0.15) is 6.54 Å². The van der Waals surface area contributed by atoms with Crippen molar-refractivity contribution in [3.05, 3.63) is 0 Å². The predicted octanol–water partition coefficient (Wildman–Crippen LogP) is 0.539. The van der Waals surface area contributed by atoms with E-state index in [1.807, 2.05) is 4.90 Å². The lowest BCUT2D eigenvalue weighted by Crippen LogP contribution is -2.49. The Hall–Kier alpha value is -1.30. The van der Waals surface area contributed by atoms with E-state index in [1.54, 1.807) is 0 Å². The van der Waals surface area contributed by atoms with Crippen LogP contribution in [0, 0.1) is 0 Å². The molecule has 6 nitrogen and oxygen atoms in total. The van der Waals surface area contributed by atoms with Gasteiger partial charge in [0, 0.05) is 26.2 Å². The summed E-state index contributed by atoms with van der Waals surface area (Å²) in [6, 6.07) is -0.0132. The number of rotatable bonds is 3. The molecule has 1 fully saturated rings. The third kappa shape index (κ3) is 3.87. The first-order chi connectivity index (χ1) is 8.45. The van der Waals surface area contributed by atoms with Gasteiger partial charge < -0.3 is 19.8 Å². The SMILES string of the molecule is CCC1CN(C)CCCN1C(=O)N(C)CC(=O)O. The molecule has 1 atom stereocenters. The highest BCUT2D eigenvalue weighted by atomic mass is 16.4. The molecule has 1 N–H and O–H groups in total. The second kappa shape index (κ2) is 6.58. The number of nitrogens with zero attached hydrogens (tertiary/aromatic N) is 3. The molecule has 104 valence electrons. The highest BCUT2D eigenvalue weighted by Gasteiger charge is 2.28. The Labute approximate surface area is 108 Å². The number of carbonyl (C=O) groups is 2. The van der Waals surface area contributed by atoms with E-state index in [4.69, 9.17) is 5.11 Å². The van der Waals surface area contributed by atoms with Gasteiger partial charge in [0.25, 0.3) is 0 Å². The molecular formula is C12H23N3O3. The van der Waals surface area contributed by atoms with Gasteiger partial charge in [-0.15, -0.1) is 0 Å². The minimum atomic E-state index is -0.981. The average molecular weight is 257 g/mol. The van der Waals surface area contributed by atoms with Gasteiger partial charge in [0.15, 0.2) is 0 Å². The lowest BCUT2D eigenvalue weighted by molar-refractivity contribution is -0.137. The Bertz CT molecular complexity index is 309. The topological polar surface area (TPSA) is 64.1 Å². The first kappa shape index (κ1) is 14.8. The van der Waals surface area contributed by atoms with Crippen LogP contribution in [0.15, 0.2) is 0 Å². The molecule has 0 aliphatic carbocycles. The van der Waals surface area contributed by atoms with Crippen molar-refractivity contribution in [1.82, 2.24) is 14.7 Å². The van der Waals surface area contributed by atoms with Crippen molar-refractivity contribution >= 4 is 12.0 Å². The van der Waals surface area contributed by atoms with Gasteiger partial charge in [0.05, 0.1) is 0 Å². The molecule has 0 bridgehead atoms. The smallest absolute Gasteiger partial charge is 0.323 e. The molecule has 0 saturated carbocycles. The molecule has 2 amide bonds. The Kier molecular flexibility index (Phi) is 5.40. The van der Waals surface area contributed by atoms with Crippen molar-refractivity contribution in [2.24, 2.45) is 0 Å². The average Bonchev–Trinajstić information content (AvgIpc) is 2.48. The van der Waals surface area contributed by atoms with Crippen LogP contribution in [-0.4, -0.2) is 78.1 Å². The third-order valence-corrected chi connectivity index (χ3v) is 3.32. The predicted molar refractivity (Wildman–Crippen MR) is 68.6 cm³/mol. The summed E-state index contributed by atoms with van der Waals surface area (Å²) in [5.41, 5.74) is 0. The maximum absolute atomic E-state index is 12.2. The summed E-state index contributed by atoms with van der Waals surface area (Å²) in [4.78, 5) is 28.2. The summed E-state index contributed by atoms with van der Waals surface area (Å²) in [5.74, 6) is -0.981. The summed E-state index contributed by atoms with van der Waals surface area (Å²) in [6.07, 6.45) is 1.82. The van der Waals surface area contributed by atoms with Crippen molar-refractivity contribution in [2.75, 3.05) is 40.3 Å². The third-order valence-electron chi connectivity index (χ3n) is 3.32. The van der Waals surface area contributed by atoms with Crippen LogP contribution in [0.3, 0.4) is 0 Å². The van der Waals surface area contributed by atoms with E-state index in [0.29, 0.717) is 6.54 Å². The number of hydrogen-bond donors (Lipinski definition) is 1. The largest absolute Gasteiger partial charge is 0.480 e. The maximum atomic E-state index is 12.2. The quantitative estimate of drug-likeness (QED) is 0.801. The van der Waals surface area contributed by atoms with Crippen molar-refractivity contribution in [3.63, 3.8) is 0 Å². The number of carbonyl (C=O) groups excluding carboxylic acids is 1. The fourth-order valence-corrected chi connectivity index (χ4v) is 2.33. The van der Waals surface area contributed by atoms with Gasteiger partial charge in [-0.1, -0.05) is 6.92 Å². The Morgan fingerprint density at radius 2 is 2.06 bits per heavy atom. The number of amides is 2. The summed E-state index contributed by atoms with van der Waals surface area (Å²) < 4.78 is 0. The molecule has 1 saturated heterocycles. The van der Waals surface area contributed by atoms with E-state index in [1.165, 1.54) is 11.9 Å². The molecule has 1 heterocycles. The van der Waals surface area contributed by atoms with Crippen molar-refractivity contribution in [1.29, 1.82) is 0 Å². The number of aliphatic carboxylic acids is 1. The van der Waals surface area contributed by atoms with E-state index < -0.39 is 5.97 Å². The highest BCUT2D eigenvalue weighted by Crippen LogP contribution is 2.13. The number of carboxylic acid groups (broad SMARTS) is 1. The van der Waals surface area contributed by atoms with Gasteiger partial charge in [-0.2, -0.15) is 0 Å². The van der Waals surface area contributed by atoms with Crippen LogP contribution in [0.5, 0.6) is 0 Å². The lowest BCUT2D eigenvalue weighted by atomic mass is 10.2. The number of carboxylic acids is 1. The molecule has 0 radical (unpaired) electrons. The van der Waals surface area contributed by atoms with Crippen LogP contribution in [-0.2, 0) is 4.79 Å². The summed E-state index contributed by atoms with van der Waals surface area (Å²) in [5, 5.41) is 8.73. The van der Waals surface area contributed by atoms with Crippen LogP contribution < -0.4 is 0 Å². The summed E-state index contributed by atoms with van der Waals surface area (Å²) in [7, 11) is 3.59. The van der Waals surface area contributed by atoms with Gasteiger partial charge in [-0.25, -0.2) is 4.79 Å². The lowest BCUT2D eigenvalue weighted by Gasteiger charge is -2.33. The monoisotopic (exact) mass is 257 g/mol. The number of hydrogen-bond acceptors (Lipinski definition) is 3. The Balaban J connectivity index is 2.71. The van der Waals surface area contributed by atoms with Gasteiger partial charge >= 0.3 is 12.0 Å². The number of likely N-dealkylation sites (N-methyl/N-ethyl adjacent to an activating group) is 2. The normalized spacial score (nSPS) is 21.5. The minimum Gasteiger partial charge on any atom is -0.480 e. The molecule has 6 heteroatoms. The molecular weight excluding hydrogens is 234 g/mol. The first-order valence-corrected chi connectivity index (χ1v) is 6.37. The molecule has 1 unspecified atom stereocenters. The van der Waals surface area contributed by atoms with Crippen LogP contribution in [0.1, 0.15) is 19.8 Å². The maximum Gasteiger partial charge on any atom is 0.323 e. The zero-order valence-corrected chi connectivity index (χ0v) is 11.4. The van der Waals surface area contributed by atoms with Crippen LogP contribution in [0.25, 0.3) is 0 Å². The van der Waals surface area contributed by atoms with Crippen LogP contribution in [0.4, 0.5) is 4.79 Å². The zero-order valence-electron chi connectivity index (χ0n) is 11.4. The van der Waals surface area contributed by atoms with E-state index in [9.17, 15) is 9.59 Å². The molecule has 0 aromatic carbocycles. The summed E-state index contributed by atoms with van der Waals surface area (Å²) in [6.45, 7) is 4.33.